The number of carbonyl (C=O) groups is 3. The molecule has 0 fully saturated rings. The molecule has 24 heavy (non-hydrogen) atoms. The van der Waals surface area contributed by atoms with Crippen LogP contribution in [0.3, 0.4) is 0 Å². The van der Waals surface area contributed by atoms with Crippen molar-refractivity contribution in [3.8, 4) is 0 Å². The summed E-state index contributed by atoms with van der Waals surface area (Å²) in [5.74, 6) is -0.440. The van der Waals surface area contributed by atoms with E-state index in [0.717, 1.165) is 0 Å². The van der Waals surface area contributed by atoms with Crippen molar-refractivity contribution in [1.29, 1.82) is 0 Å². The van der Waals surface area contributed by atoms with Crippen molar-refractivity contribution in [1.82, 2.24) is 15.1 Å². The zero-order valence-corrected chi connectivity index (χ0v) is 16.1. The summed E-state index contributed by atoms with van der Waals surface area (Å²) in [5.41, 5.74) is 5.40. The van der Waals surface area contributed by atoms with Crippen LogP contribution in [0.5, 0.6) is 0 Å². The number of hydrogen-bond donors (Lipinski definition) is 2. The number of nitrogens with zero attached hydrogens (tertiary/aromatic N) is 2. The molecular formula is C17H34N4O3. The van der Waals surface area contributed by atoms with Crippen LogP contribution in [0.15, 0.2) is 0 Å². The molecule has 0 radical (unpaired) electrons. The van der Waals surface area contributed by atoms with Gasteiger partial charge in [0.05, 0.1) is 12.6 Å². The highest BCUT2D eigenvalue weighted by Gasteiger charge is 2.27. The van der Waals surface area contributed by atoms with Gasteiger partial charge in [-0.1, -0.05) is 27.7 Å². The lowest BCUT2D eigenvalue weighted by Gasteiger charge is -2.28. The third-order valence-electron chi connectivity index (χ3n) is 3.92. The van der Waals surface area contributed by atoms with Crippen molar-refractivity contribution in [3.63, 3.8) is 0 Å². The predicted octanol–water partition coefficient (Wildman–Crippen LogP) is 0.437. The minimum Gasteiger partial charge on any atom is -0.368 e. The predicted molar refractivity (Wildman–Crippen MR) is 95.1 cm³/mol. The number of likely N-dealkylation sites (N-methyl/N-ethyl adjacent to an activating group) is 2. The molecule has 3 amide bonds. The van der Waals surface area contributed by atoms with E-state index in [1.165, 1.54) is 4.90 Å². The fourth-order valence-corrected chi connectivity index (χ4v) is 2.49. The molecule has 0 aromatic carbocycles. The summed E-state index contributed by atoms with van der Waals surface area (Å²) >= 11 is 0. The summed E-state index contributed by atoms with van der Waals surface area (Å²) in [5, 5.41) is 2.67. The van der Waals surface area contributed by atoms with Gasteiger partial charge in [0.1, 0.15) is 6.04 Å². The highest BCUT2D eigenvalue weighted by molar-refractivity contribution is 5.90. The highest BCUT2D eigenvalue weighted by Crippen LogP contribution is 2.11. The van der Waals surface area contributed by atoms with E-state index in [4.69, 9.17) is 5.73 Å². The second-order valence-electron chi connectivity index (χ2n) is 7.38. The third-order valence-corrected chi connectivity index (χ3v) is 3.92. The van der Waals surface area contributed by atoms with Gasteiger partial charge in [-0.3, -0.25) is 19.3 Å². The van der Waals surface area contributed by atoms with Gasteiger partial charge in [0.25, 0.3) is 0 Å². The van der Waals surface area contributed by atoms with Crippen LogP contribution in [-0.4, -0.2) is 67.3 Å². The summed E-state index contributed by atoms with van der Waals surface area (Å²) < 4.78 is 0. The highest BCUT2D eigenvalue weighted by atomic mass is 16.2. The summed E-state index contributed by atoms with van der Waals surface area (Å²) in [4.78, 5) is 39.3. The molecule has 0 aromatic heterocycles. The second kappa shape index (κ2) is 10.3. The third kappa shape index (κ3) is 7.77. The Morgan fingerprint density at radius 3 is 1.75 bits per heavy atom. The number of rotatable bonds is 10. The standard InChI is InChI=1S/C17H34N4O3/c1-11(2)8-13(16(18)23)21(7)15(22)10-19-17(24)14(20(5)6)9-12(3)4/h11-14H,8-10H2,1-7H3,(H2,18,23)(H,19,24). The Balaban J connectivity index is 4.74. The van der Waals surface area contributed by atoms with Crippen molar-refractivity contribution >= 4 is 17.7 Å². The lowest BCUT2D eigenvalue weighted by molar-refractivity contribution is -0.139. The van der Waals surface area contributed by atoms with Crippen molar-refractivity contribution in [2.24, 2.45) is 17.6 Å². The van der Waals surface area contributed by atoms with Gasteiger partial charge in [-0.2, -0.15) is 0 Å². The molecule has 3 N–H and O–H groups in total. The number of amides is 3. The Bertz CT molecular complexity index is 436. The Morgan fingerprint density at radius 2 is 1.38 bits per heavy atom. The smallest absolute Gasteiger partial charge is 0.242 e. The SMILES string of the molecule is CC(C)CC(C(=O)NCC(=O)N(C)C(CC(C)C)C(N)=O)N(C)C. The van der Waals surface area contributed by atoms with Gasteiger partial charge in [-0.25, -0.2) is 0 Å². The molecule has 0 bridgehead atoms. The van der Waals surface area contributed by atoms with Crippen LogP contribution in [0.25, 0.3) is 0 Å². The Kier molecular flexibility index (Phi) is 9.58. The Morgan fingerprint density at radius 1 is 0.917 bits per heavy atom. The molecule has 2 unspecified atom stereocenters. The number of hydrogen-bond acceptors (Lipinski definition) is 4. The molecule has 0 spiro atoms. The van der Waals surface area contributed by atoms with Gasteiger partial charge in [0.15, 0.2) is 0 Å². The number of nitrogens with one attached hydrogen (secondary N) is 1. The second-order valence-corrected chi connectivity index (χ2v) is 7.38. The van der Waals surface area contributed by atoms with E-state index < -0.39 is 11.9 Å². The van der Waals surface area contributed by atoms with Crippen LogP contribution in [0, 0.1) is 11.8 Å². The summed E-state index contributed by atoms with van der Waals surface area (Å²) in [7, 11) is 5.22. The molecule has 7 heteroatoms. The van der Waals surface area contributed by atoms with Crippen LogP contribution in [0.4, 0.5) is 0 Å². The lowest BCUT2D eigenvalue weighted by Crippen LogP contribution is -2.51. The fraction of sp³-hybridized carbons (Fsp3) is 0.824. The van der Waals surface area contributed by atoms with Crippen molar-refractivity contribution < 1.29 is 14.4 Å². The molecule has 0 aliphatic carbocycles. The van der Waals surface area contributed by atoms with Crippen LogP contribution in [-0.2, 0) is 14.4 Å². The zero-order chi connectivity index (χ0) is 19.0. The maximum absolute atomic E-state index is 12.3. The largest absolute Gasteiger partial charge is 0.368 e. The van der Waals surface area contributed by atoms with Crippen LogP contribution in [0.1, 0.15) is 40.5 Å². The van der Waals surface area contributed by atoms with Crippen molar-refractivity contribution in [2.45, 2.75) is 52.6 Å². The first kappa shape index (κ1) is 22.4. The fourth-order valence-electron chi connectivity index (χ4n) is 2.49. The van der Waals surface area contributed by atoms with Crippen molar-refractivity contribution in [3.05, 3.63) is 0 Å². The van der Waals surface area contributed by atoms with Crippen LogP contribution >= 0.6 is 0 Å². The van der Waals surface area contributed by atoms with E-state index in [9.17, 15) is 14.4 Å². The number of nitrogens with two attached hydrogens (primary N) is 1. The average molecular weight is 342 g/mol. The first-order chi connectivity index (χ1) is 11.0. The topological polar surface area (TPSA) is 95.7 Å². The Hall–Kier alpha value is -1.63. The van der Waals surface area contributed by atoms with Gasteiger partial charge >= 0.3 is 0 Å². The molecule has 0 aliphatic rings. The molecule has 0 aromatic rings. The van der Waals surface area contributed by atoms with Gasteiger partial charge < -0.3 is 16.0 Å². The van der Waals surface area contributed by atoms with Gasteiger partial charge in [-0.15, -0.1) is 0 Å². The summed E-state index contributed by atoms with van der Waals surface area (Å²) in [6.45, 7) is 7.88. The molecule has 0 heterocycles. The maximum atomic E-state index is 12.3. The van der Waals surface area contributed by atoms with E-state index in [-0.39, 0.29) is 30.3 Å². The van der Waals surface area contributed by atoms with E-state index in [1.807, 2.05) is 46.7 Å². The normalized spacial score (nSPS) is 13.9. The van der Waals surface area contributed by atoms with E-state index in [2.05, 4.69) is 5.32 Å². The molecule has 140 valence electrons. The average Bonchev–Trinajstić information content (AvgIpc) is 2.45. The molecule has 0 rings (SSSR count). The van der Waals surface area contributed by atoms with Gasteiger partial charge in [-0.05, 0) is 38.8 Å². The van der Waals surface area contributed by atoms with E-state index >= 15 is 0 Å². The minimum absolute atomic E-state index is 0.139. The lowest BCUT2D eigenvalue weighted by atomic mass is 10.0. The molecule has 2 atom stereocenters. The quantitative estimate of drug-likeness (QED) is 0.602. The number of primary amides is 1. The molecule has 0 saturated carbocycles. The molecule has 0 aliphatic heterocycles. The zero-order valence-electron chi connectivity index (χ0n) is 16.1. The minimum atomic E-state index is -0.658. The Labute approximate surface area is 145 Å². The maximum Gasteiger partial charge on any atom is 0.242 e. The molecular weight excluding hydrogens is 308 g/mol. The summed E-state index contributed by atoms with van der Waals surface area (Å²) in [6.07, 6.45) is 1.21. The monoisotopic (exact) mass is 342 g/mol. The number of carbonyl (C=O) groups excluding carboxylic acids is 3. The van der Waals surface area contributed by atoms with Crippen molar-refractivity contribution in [2.75, 3.05) is 27.7 Å². The van der Waals surface area contributed by atoms with Gasteiger partial charge in [0, 0.05) is 7.05 Å². The van der Waals surface area contributed by atoms with E-state index in [1.54, 1.807) is 7.05 Å². The van der Waals surface area contributed by atoms with Crippen LogP contribution < -0.4 is 11.1 Å². The van der Waals surface area contributed by atoms with E-state index in [0.29, 0.717) is 18.8 Å². The van der Waals surface area contributed by atoms with Crippen LogP contribution in [0.2, 0.25) is 0 Å². The first-order valence-electron chi connectivity index (χ1n) is 8.46. The first-order valence-corrected chi connectivity index (χ1v) is 8.46. The van der Waals surface area contributed by atoms with Gasteiger partial charge in [0.2, 0.25) is 17.7 Å². The summed E-state index contributed by atoms with van der Waals surface area (Å²) in [6, 6.07) is -0.944. The molecule has 7 nitrogen and oxygen atoms in total. The molecule has 0 saturated heterocycles.